The second-order valence-corrected chi connectivity index (χ2v) is 5.35. The van der Waals surface area contributed by atoms with Crippen molar-refractivity contribution in [1.82, 2.24) is 4.90 Å². The maximum atomic E-state index is 13.9. The number of nitrogens with zero attached hydrogens (tertiary/aromatic N) is 1. The van der Waals surface area contributed by atoms with E-state index < -0.39 is 0 Å². The molecule has 1 fully saturated rings. The van der Waals surface area contributed by atoms with Crippen LogP contribution in [0, 0.1) is 5.82 Å². The first-order valence-electron chi connectivity index (χ1n) is 6.37. The fourth-order valence-corrected chi connectivity index (χ4v) is 2.56. The van der Waals surface area contributed by atoms with E-state index in [1.54, 1.807) is 12.1 Å². The minimum Gasteiger partial charge on any atom is -0.328 e. The molecule has 3 rings (SSSR count). The fraction of sp³-hybridized carbons (Fsp3) is 0.400. The zero-order valence-corrected chi connectivity index (χ0v) is 10.6. The van der Waals surface area contributed by atoms with E-state index in [0.29, 0.717) is 23.7 Å². The van der Waals surface area contributed by atoms with Crippen LogP contribution >= 0.6 is 0 Å². The van der Waals surface area contributed by atoms with Crippen molar-refractivity contribution in [3.63, 3.8) is 0 Å². The van der Waals surface area contributed by atoms with Crippen molar-refractivity contribution in [3.05, 3.63) is 46.8 Å². The maximum Gasteiger partial charge on any atom is 0.254 e. The average molecular weight is 245 g/mol. The zero-order valence-electron chi connectivity index (χ0n) is 10.6. The lowest BCUT2D eigenvalue weighted by molar-refractivity contribution is 0.0775. The highest BCUT2D eigenvalue weighted by Crippen LogP contribution is 2.40. The van der Waals surface area contributed by atoms with Gasteiger partial charge in [-0.05, 0) is 35.6 Å². The van der Waals surface area contributed by atoms with Gasteiger partial charge in [-0.15, -0.1) is 0 Å². The van der Waals surface area contributed by atoms with Crippen LogP contribution < -0.4 is 0 Å². The summed E-state index contributed by atoms with van der Waals surface area (Å²) in [6.07, 6.45) is 3.10. The topological polar surface area (TPSA) is 20.3 Å². The number of amides is 1. The summed E-state index contributed by atoms with van der Waals surface area (Å²) in [6.45, 7) is 4.56. The summed E-state index contributed by atoms with van der Waals surface area (Å²) in [6, 6.07) is 5.13. The van der Waals surface area contributed by atoms with Gasteiger partial charge in [0, 0.05) is 12.1 Å². The van der Waals surface area contributed by atoms with Crippen LogP contribution in [0.5, 0.6) is 0 Å². The molecule has 0 N–H and O–H groups in total. The highest BCUT2D eigenvalue weighted by Gasteiger charge is 2.42. The number of carbonyl (C=O) groups excluding carboxylic acids is 1. The SMILES string of the molecule is CC(C)c1ccc(C(=O)N2CC=C3CC32)cc1F. The summed E-state index contributed by atoms with van der Waals surface area (Å²) in [5, 5.41) is 0. The number of halogens is 1. The Kier molecular flexibility index (Phi) is 2.51. The first kappa shape index (κ1) is 11.5. The van der Waals surface area contributed by atoms with Crippen molar-refractivity contribution in [3.8, 4) is 0 Å². The number of rotatable bonds is 2. The largest absolute Gasteiger partial charge is 0.328 e. The average Bonchev–Trinajstić information content (AvgIpc) is 2.99. The monoisotopic (exact) mass is 245 g/mol. The normalized spacial score (nSPS) is 21.0. The Morgan fingerprint density at radius 1 is 1.44 bits per heavy atom. The standard InChI is InChI=1S/C15H16FNO/c1-9(2)12-4-3-11(7-13(12)16)15(18)17-6-5-10-8-14(10)17/h3-5,7,9,14H,6,8H2,1-2H3. The lowest BCUT2D eigenvalue weighted by Gasteiger charge is -2.18. The van der Waals surface area contributed by atoms with Crippen molar-refractivity contribution < 1.29 is 9.18 Å². The molecule has 1 saturated carbocycles. The molecular formula is C15H16FNO. The molecule has 2 nitrogen and oxygen atoms in total. The van der Waals surface area contributed by atoms with Gasteiger partial charge in [0.15, 0.2) is 0 Å². The molecule has 3 heteroatoms. The third-order valence-electron chi connectivity index (χ3n) is 3.75. The van der Waals surface area contributed by atoms with E-state index in [-0.39, 0.29) is 17.6 Å². The van der Waals surface area contributed by atoms with E-state index in [1.165, 1.54) is 11.6 Å². The van der Waals surface area contributed by atoms with Crippen molar-refractivity contribution in [2.24, 2.45) is 0 Å². The molecule has 0 saturated heterocycles. The van der Waals surface area contributed by atoms with Crippen LogP contribution in [0.4, 0.5) is 4.39 Å². The van der Waals surface area contributed by atoms with Crippen LogP contribution in [-0.4, -0.2) is 23.4 Å². The number of hydrogen-bond acceptors (Lipinski definition) is 1. The molecule has 1 heterocycles. The van der Waals surface area contributed by atoms with Crippen molar-refractivity contribution >= 4 is 5.91 Å². The zero-order chi connectivity index (χ0) is 12.9. The van der Waals surface area contributed by atoms with Crippen molar-refractivity contribution in [1.29, 1.82) is 0 Å². The Morgan fingerprint density at radius 3 is 2.72 bits per heavy atom. The minimum absolute atomic E-state index is 0.0574. The van der Waals surface area contributed by atoms with Crippen LogP contribution in [0.25, 0.3) is 0 Å². The van der Waals surface area contributed by atoms with Gasteiger partial charge in [0.05, 0.1) is 6.04 Å². The molecule has 18 heavy (non-hydrogen) atoms. The molecule has 1 aromatic carbocycles. The summed E-state index contributed by atoms with van der Waals surface area (Å²) < 4.78 is 13.9. The lowest BCUT2D eigenvalue weighted by Crippen LogP contribution is -2.31. The molecule has 1 aromatic rings. The molecule has 1 atom stereocenters. The van der Waals surface area contributed by atoms with E-state index in [1.807, 2.05) is 18.7 Å². The van der Waals surface area contributed by atoms with Gasteiger partial charge < -0.3 is 4.90 Å². The summed E-state index contributed by atoms with van der Waals surface area (Å²) in [5.74, 6) is -0.199. The summed E-state index contributed by atoms with van der Waals surface area (Å²) in [4.78, 5) is 14.1. The molecule has 0 radical (unpaired) electrons. The minimum atomic E-state index is -0.279. The molecule has 0 aromatic heterocycles. The third kappa shape index (κ3) is 1.74. The fourth-order valence-electron chi connectivity index (χ4n) is 2.56. The van der Waals surface area contributed by atoms with Gasteiger partial charge in [0.1, 0.15) is 5.82 Å². The molecule has 94 valence electrons. The first-order chi connectivity index (χ1) is 8.58. The second-order valence-electron chi connectivity index (χ2n) is 5.35. The molecule has 0 spiro atoms. The molecule has 2 aliphatic rings. The van der Waals surface area contributed by atoms with Crippen LogP contribution in [-0.2, 0) is 0 Å². The van der Waals surface area contributed by atoms with Crippen LogP contribution in [0.15, 0.2) is 29.8 Å². The van der Waals surface area contributed by atoms with Crippen LogP contribution in [0.2, 0.25) is 0 Å². The van der Waals surface area contributed by atoms with Crippen molar-refractivity contribution in [2.45, 2.75) is 32.2 Å². The lowest BCUT2D eigenvalue weighted by atomic mass is 10.0. The molecule has 1 amide bonds. The van der Waals surface area contributed by atoms with E-state index in [4.69, 9.17) is 0 Å². The second kappa shape index (κ2) is 3.94. The van der Waals surface area contributed by atoms with Gasteiger partial charge in [-0.2, -0.15) is 0 Å². The highest BCUT2D eigenvalue weighted by atomic mass is 19.1. The van der Waals surface area contributed by atoms with E-state index in [9.17, 15) is 9.18 Å². The highest BCUT2D eigenvalue weighted by molar-refractivity contribution is 5.95. The first-order valence-corrected chi connectivity index (χ1v) is 6.37. The van der Waals surface area contributed by atoms with E-state index >= 15 is 0 Å². The maximum absolute atomic E-state index is 13.9. The number of fused-ring (bicyclic) bond motifs is 1. The molecule has 1 aliphatic heterocycles. The molecule has 1 aliphatic carbocycles. The predicted molar refractivity (Wildman–Crippen MR) is 68.0 cm³/mol. The van der Waals surface area contributed by atoms with Gasteiger partial charge in [-0.3, -0.25) is 4.79 Å². The smallest absolute Gasteiger partial charge is 0.254 e. The number of carbonyl (C=O) groups is 1. The van der Waals surface area contributed by atoms with Gasteiger partial charge in [-0.25, -0.2) is 4.39 Å². The van der Waals surface area contributed by atoms with Gasteiger partial charge in [0.2, 0.25) is 0 Å². The van der Waals surface area contributed by atoms with Gasteiger partial charge in [-0.1, -0.05) is 26.0 Å². The van der Waals surface area contributed by atoms with E-state index in [2.05, 4.69) is 6.08 Å². The van der Waals surface area contributed by atoms with Crippen LogP contribution in [0.1, 0.15) is 42.1 Å². The molecular weight excluding hydrogens is 229 g/mol. The molecule has 0 bridgehead atoms. The third-order valence-corrected chi connectivity index (χ3v) is 3.75. The Balaban J connectivity index is 1.84. The Hall–Kier alpha value is -1.64. The van der Waals surface area contributed by atoms with Crippen molar-refractivity contribution in [2.75, 3.05) is 6.54 Å². The number of hydrogen-bond donors (Lipinski definition) is 0. The Labute approximate surface area is 106 Å². The Bertz CT molecular complexity index is 547. The quantitative estimate of drug-likeness (QED) is 0.733. The van der Waals surface area contributed by atoms with E-state index in [0.717, 1.165) is 6.42 Å². The summed E-state index contributed by atoms with van der Waals surface area (Å²) in [5.41, 5.74) is 2.47. The summed E-state index contributed by atoms with van der Waals surface area (Å²) in [7, 11) is 0. The number of benzene rings is 1. The molecule has 1 unspecified atom stereocenters. The predicted octanol–water partition coefficient (Wildman–Crippen LogP) is 3.10. The summed E-state index contributed by atoms with van der Waals surface area (Å²) >= 11 is 0. The Morgan fingerprint density at radius 2 is 2.22 bits per heavy atom. The van der Waals surface area contributed by atoms with Crippen LogP contribution in [0.3, 0.4) is 0 Å². The van der Waals surface area contributed by atoms with Gasteiger partial charge in [0.25, 0.3) is 5.91 Å². The van der Waals surface area contributed by atoms with Gasteiger partial charge >= 0.3 is 0 Å².